The number of aliphatic hydroxyl groups excluding tert-OH is 4. The number of aliphatic hydroxyl groups is 4. The van der Waals surface area contributed by atoms with E-state index in [0.717, 1.165) is 25.9 Å². The third-order valence-electron chi connectivity index (χ3n) is 7.75. The first-order valence-electron chi connectivity index (χ1n) is 15.1. The number of carbonyl (C=O) groups excluding carboxylic acids is 1. The molecule has 5 atom stereocenters. The molecular formula is C31H46ClNO9. The Morgan fingerprint density at radius 3 is 2.31 bits per heavy atom. The van der Waals surface area contributed by atoms with Gasteiger partial charge in [-0.15, -0.1) is 0 Å². The van der Waals surface area contributed by atoms with Gasteiger partial charge >= 0.3 is 5.63 Å². The van der Waals surface area contributed by atoms with Gasteiger partial charge in [-0.2, -0.15) is 0 Å². The SMILES string of the molecule is CCCCCCCCCCN(C)CCCC(=O)Cc1cc(=O)oc2cc(OC3OC(CO)C(O)C(O)C3O)c(Cl)cc12. The average Bonchev–Trinajstić information content (AvgIpc) is 2.95. The zero-order valence-electron chi connectivity index (χ0n) is 24.7. The van der Waals surface area contributed by atoms with Crippen LogP contribution in [-0.2, 0) is 16.0 Å². The van der Waals surface area contributed by atoms with Gasteiger partial charge in [-0.1, -0.05) is 63.5 Å². The summed E-state index contributed by atoms with van der Waals surface area (Å²) in [5.74, 6) is -0.0141. The molecule has 1 aliphatic rings. The van der Waals surface area contributed by atoms with E-state index in [0.29, 0.717) is 17.4 Å². The number of Topliss-reactive ketones (excluding diaryl/α,β-unsaturated/α-hetero) is 1. The second-order valence-corrected chi connectivity index (χ2v) is 11.7. The van der Waals surface area contributed by atoms with Crippen molar-refractivity contribution >= 4 is 28.4 Å². The molecule has 1 aliphatic heterocycles. The number of unbranched alkanes of at least 4 members (excludes halogenated alkanes) is 7. The fourth-order valence-electron chi connectivity index (χ4n) is 5.23. The lowest BCUT2D eigenvalue weighted by molar-refractivity contribution is -0.277. The summed E-state index contributed by atoms with van der Waals surface area (Å²) >= 11 is 6.43. The van der Waals surface area contributed by atoms with Crippen LogP contribution in [0, 0.1) is 0 Å². The fourth-order valence-corrected chi connectivity index (χ4v) is 5.44. The van der Waals surface area contributed by atoms with E-state index in [-0.39, 0.29) is 28.6 Å². The Balaban J connectivity index is 1.53. The fraction of sp³-hybridized carbons (Fsp3) is 0.677. The van der Waals surface area contributed by atoms with Gasteiger partial charge in [0.15, 0.2) is 0 Å². The largest absolute Gasteiger partial charge is 0.460 e. The summed E-state index contributed by atoms with van der Waals surface area (Å²) in [7, 11) is 2.08. The number of ether oxygens (including phenoxy) is 2. The van der Waals surface area contributed by atoms with E-state index in [1.807, 2.05) is 0 Å². The Morgan fingerprint density at radius 2 is 1.62 bits per heavy atom. The van der Waals surface area contributed by atoms with Crippen molar-refractivity contribution in [3.63, 3.8) is 0 Å². The quantitative estimate of drug-likeness (QED) is 0.145. The number of nitrogens with zero attached hydrogens (tertiary/aromatic N) is 1. The molecule has 42 heavy (non-hydrogen) atoms. The summed E-state index contributed by atoms with van der Waals surface area (Å²) in [4.78, 5) is 27.4. The van der Waals surface area contributed by atoms with Gasteiger partial charge in [-0.25, -0.2) is 4.79 Å². The molecule has 1 aromatic heterocycles. The Labute approximate surface area is 252 Å². The highest BCUT2D eigenvalue weighted by Gasteiger charge is 2.45. The van der Waals surface area contributed by atoms with Gasteiger partial charge in [0.2, 0.25) is 6.29 Å². The van der Waals surface area contributed by atoms with Gasteiger partial charge in [-0.3, -0.25) is 4.79 Å². The Bertz CT molecular complexity index is 1190. The molecule has 4 N–H and O–H groups in total. The number of fused-ring (bicyclic) bond motifs is 1. The van der Waals surface area contributed by atoms with Crippen molar-refractivity contribution < 1.29 is 39.1 Å². The lowest BCUT2D eigenvalue weighted by atomic mass is 9.99. The van der Waals surface area contributed by atoms with Crippen LogP contribution in [0.15, 0.2) is 27.4 Å². The van der Waals surface area contributed by atoms with Crippen molar-refractivity contribution in [3.8, 4) is 5.75 Å². The van der Waals surface area contributed by atoms with E-state index in [4.69, 9.17) is 25.5 Å². The molecule has 0 bridgehead atoms. The smallest absolute Gasteiger partial charge is 0.336 e. The molecule has 10 nitrogen and oxygen atoms in total. The van der Waals surface area contributed by atoms with Crippen molar-refractivity contribution in [2.75, 3.05) is 26.7 Å². The van der Waals surface area contributed by atoms with Crippen LogP contribution in [0.2, 0.25) is 5.02 Å². The van der Waals surface area contributed by atoms with Crippen LogP contribution >= 0.6 is 11.6 Å². The van der Waals surface area contributed by atoms with E-state index in [1.165, 1.54) is 63.1 Å². The Morgan fingerprint density at radius 1 is 0.952 bits per heavy atom. The molecule has 11 heteroatoms. The van der Waals surface area contributed by atoms with Gasteiger partial charge in [0.25, 0.3) is 0 Å². The molecule has 3 rings (SSSR count). The van der Waals surface area contributed by atoms with Crippen LogP contribution in [0.25, 0.3) is 11.0 Å². The lowest BCUT2D eigenvalue weighted by Crippen LogP contribution is -2.60. The molecule has 0 spiro atoms. The standard InChI is InChI=1S/C31H46ClNO9/c1-3-4-5-6-7-8-9-10-13-33(2)14-11-12-21(35)15-20-16-27(36)40-24-18-25(23(32)17-22(20)24)41-31-30(39)29(38)28(37)26(19-34)42-31/h16-18,26,28-31,34,37-39H,3-15,19H2,1-2H3. The second-order valence-electron chi connectivity index (χ2n) is 11.3. The molecule has 1 saturated heterocycles. The number of ketones is 1. The molecule has 1 aromatic carbocycles. The predicted octanol–water partition coefficient (Wildman–Crippen LogP) is 3.59. The van der Waals surface area contributed by atoms with Crippen molar-refractivity contribution in [3.05, 3.63) is 39.2 Å². The zero-order chi connectivity index (χ0) is 30.6. The second kappa shape index (κ2) is 17.3. The summed E-state index contributed by atoms with van der Waals surface area (Å²) in [5.41, 5.74) is -0.0317. The monoisotopic (exact) mass is 611 g/mol. The number of benzene rings is 1. The van der Waals surface area contributed by atoms with Crippen LogP contribution in [0.3, 0.4) is 0 Å². The van der Waals surface area contributed by atoms with E-state index < -0.39 is 42.9 Å². The molecular weight excluding hydrogens is 566 g/mol. The van der Waals surface area contributed by atoms with Crippen LogP contribution in [-0.4, -0.2) is 88.6 Å². The summed E-state index contributed by atoms with van der Waals surface area (Å²) in [6.45, 7) is 3.45. The minimum Gasteiger partial charge on any atom is -0.460 e. The van der Waals surface area contributed by atoms with E-state index in [1.54, 1.807) is 0 Å². The number of hydrogen-bond donors (Lipinski definition) is 4. The van der Waals surface area contributed by atoms with Crippen molar-refractivity contribution in [1.82, 2.24) is 4.90 Å². The highest BCUT2D eigenvalue weighted by molar-refractivity contribution is 6.32. The molecule has 1 fully saturated rings. The maximum absolute atomic E-state index is 12.8. The van der Waals surface area contributed by atoms with Crippen LogP contribution < -0.4 is 10.4 Å². The minimum absolute atomic E-state index is 0.000136. The van der Waals surface area contributed by atoms with Crippen LogP contribution in [0.5, 0.6) is 5.75 Å². The Kier molecular flexibility index (Phi) is 14.2. The van der Waals surface area contributed by atoms with E-state index >= 15 is 0 Å². The molecule has 0 amide bonds. The third-order valence-corrected chi connectivity index (χ3v) is 8.05. The maximum Gasteiger partial charge on any atom is 0.336 e. The maximum atomic E-state index is 12.8. The zero-order valence-corrected chi connectivity index (χ0v) is 25.4. The normalized spacial score (nSPS) is 22.6. The molecule has 0 saturated carbocycles. The molecule has 5 unspecified atom stereocenters. The van der Waals surface area contributed by atoms with E-state index in [2.05, 4.69) is 18.9 Å². The Hall–Kier alpha value is -2.05. The summed E-state index contributed by atoms with van der Waals surface area (Å²) in [6.07, 6.45) is 3.99. The summed E-state index contributed by atoms with van der Waals surface area (Å²) in [5, 5.41) is 40.2. The lowest BCUT2D eigenvalue weighted by Gasteiger charge is -2.39. The van der Waals surface area contributed by atoms with Crippen LogP contribution in [0.1, 0.15) is 76.7 Å². The highest BCUT2D eigenvalue weighted by Crippen LogP contribution is 2.34. The number of hydrogen-bond acceptors (Lipinski definition) is 10. The van der Waals surface area contributed by atoms with Crippen molar-refractivity contribution in [2.45, 2.75) is 108 Å². The number of carbonyl (C=O) groups is 1. The first-order chi connectivity index (χ1) is 20.1. The molecule has 236 valence electrons. The first-order valence-corrected chi connectivity index (χ1v) is 15.5. The van der Waals surface area contributed by atoms with Gasteiger partial charge in [0.1, 0.15) is 41.5 Å². The first kappa shape index (κ1) is 34.4. The van der Waals surface area contributed by atoms with Crippen molar-refractivity contribution in [2.24, 2.45) is 0 Å². The number of rotatable bonds is 18. The number of halogens is 1. The summed E-state index contributed by atoms with van der Waals surface area (Å²) < 4.78 is 16.3. The highest BCUT2D eigenvalue weighted by atomic mass is 35.5. The van der Waals surface area contributed by atoms with Gasteiger partial charge < -0.3 is 39.2 Å². The van der Waals surface area contributed by atoms with Crippen molar-refractivity contribution in [1.29, 1.82) is 0 Å². The molecule has 2 aromatic rings. The summed E-state index contributed by atoms with van der Waals surface area (Å²) in [6, 6.07) is 4.12. The van der Waals surface area contributed by atoms with Gasteiger partial charge in [0, 0.05) is 30.4 Å². The predicted molar refractivity (Wildman–Crippen MR) is 160 cm³/mol. The molecule has 0 aliphatic carbocycles. The van der Waals surface area contributed by atoms with E-state index in [9.17, 15) is 30.0 Å². The average molecular weight is 612 g/mol. The van der Waals surface area contributed by atoms with Crippen LogP contribution in [0.4, 0.5) is 0 Å². The topological polar surface area (TPSA) is 150 Å². The minimum atomic E-state index is -1.63. The molecule has 2 heterocycles. The van der Waals surface area contributed by atoms with Gasteiger partial charge in [0.05, 0.1) is 11.6 Å². The van der Waals surface area contributed by atoms with Gasteiger partial charge in [-0.05, 0) is 44.6 Å². The molecule has 0 radical (unpaired) electrons. The third kappa shape index (κ3) is 10.0.